The van der Waals surface area contributed by atoms with Crippen molar-refractivity contribution in [3.8, 4) is 0 Å². The Morgan fingerprint density at radius 3 is 2.59 bits per heavy atom. The smallest absolute Gasteiger partial charge is 0.0468 e. The van der Waals surface area contributed by atoms with E-state index >= 15 is 0 Å². The molecule has 17 heavy (non-hydrogen) atoms. The van der Waals surface area contributed by atoms with Gasteiger partial charge in [-0.05, 0) is 38.0 Å². The topological polar surface area (TPSA) is 21.3 Å². The maximum atomic E-state index is 5.19. The summed E-state index contributed by atoms with van der Waals surface area (Å²) < 4.78 is 5.19. The molecule has 0 aromatic heterocycles. The van der Waals surface area contributed by atoms with E-state index in [0.717, 1.165) is 6.61 Å². The van der Waals surface area contributed by atoms with Crippen molar-refractivity contribution >= 4 is 0 Å². The van der Waals surface area contributed by atoms with Gasteiger partial charge >= 0.3 is 0 Å². The molecule has 1 N–H and O–H groups in total. The molecule has 2 nitrogen and oxygen atoms in total. The van der Waals surface area contributed by atoms with Crippen LogP contribution in [0.3, 0.4) is 0 Å². The Labute approximate surface area is 108 Å². The maximum absolute atomic E-state index is 5.19. The lowest BCUT2D eigenvalue weighted by atomic mass is 10.0. The average molecular weight is 241 g/mol. The van der Waals surface area contributed by atoms with Crippen LogP contribution in [0.5, 0.6) is 0 Å². The molecule has 1 rings (SSSR count). The first-order valence-electron chi connectivity index (χ1n) is 7.45. The second-order valence-corrected chi connectivity index (χ2v) is 5.87. The molecule has 102 valence electrons. The van der Waals surface area contributed by atoms with Crippen molar-refractivity contribution in [3.05, 3.63) is 0 Å². The van der Waals surface area contributed by atoms with Gasteiger partial charge in [0, 0.05) is 26.3 Å². The predicted molar refractivity (Wildman–Crippen MR) is 74.4 cm³/mol. The second-order valence-electron chi connectivity index (χ2n) is 5.87. The molecular formula is C15H31NO. The Morgan fingerprint density at radius 1 is 1.24 bits per heavy atom. The molecule has 1 saturated carbocycles. The van der Waals surface area contributed by atoms with Crippen molar-refractivity contribution in [1.82, 2.24) is 5.32 Å². The van der Waals surface area contributed by atoms with E-state index in [4.69, 9.17) is 4.74 Å². The van der Waals surface area contributed by atoms with E-state index in [9.17, 15) is 0 Å². The van der Waals surface area contributed by atoms with Crippen molar-refractivity contribution in [1.29, 1.82) is 0 Å². The number of nitrogens with one attached hydrogen (secondary N) is 1. The highest BCUT2D eigenvalue weighted by molar-refractivity contribution is 4.95. The molecule has 0 aliphatic heterocycles. The molecule has 0 aromatic rings. The van der Waals surface area contributed by atoms with Crippen LogP contribution in [0.4, 0.5) is 0 Å². The molecule has 2 heteroatoms. The normalized spacial score (nSPS) is 19.2. The minimum absolute atomic E-state index is 0.591. The molecule has 1 aliphatic rings. The van der Waals surface area contributed by atoms with Gasteiger partial charge in [0.25, 0.3) is 0 Å². The van der Waals surface area contributed by atoms with Crippen LogP contribution in [0.1, 0.15) is 65.2 Å². The van der Waals surface area contributed by atoms with Crippen molar-refractivity contribution in [3.63, 3.8) is 0 Å². The summed E-state index contributed by atoms with van der Waals surface area (Å²) in [4.78, 5) is 0. The van der Waals surface area contributed by atoms with E-state index in [1.807, 2.05) is 0 Å². The molecule has 0 bridgehead atoms. The first-order chi connectivity index (χ1) is 8.22. The van der Waals surface area contributed by atoms with Crippen LogP contribution >= 0.6 is 0 Å². The minimum Gasteiger partial charge on any atom is -0.385 e. The fraction of sp³-hybridized carbons (Fsp3) is 1.00. The second kappa shape index (κ2) is 8.10. The Hall–Kier alpha value is -0.0800. The lowest BCUT2D eigenvalue weighted by Gasteiger charge is -2.19. The highest BCUT2D eigenvalue weighted by Gasteiger charge is 2.41. The summed E-state index contributed by atoms with van der Waals surface area (Å²) in [6.07, 6.45) is 10.9. The molecule has 0 amide bonds. The van der Waals surface area contributed by atoms with Crippen molar-refractivity contribution in [2.24, 2.45) is 5.41 Å². The van der Waals surface area contributed by atoms with Crippen LogP contribution in [-0.2, 0) is 4.74 Å². The number of unbranched alkanes of at least 4 members (excludes halogenated alkanes) is 3. The van der Waals surface area contributed by atoms with Crippen LogP contribution in [0, 0.1) is 5.41 Å². The van der Waals surface area contributed by atoms with Crippen LogP contribution in [-0.4, -0.2) is 26.3 Å². The van der Waals surface area contributed by atoms with Gasteiger partial charge in [-0.2, -0.15) is 0 Å². The molecule has 0 aromatic carbocycles. The molecule has 1 unspecified atom stereocenters. The third-order valence-electron chi connectivity index (χ3n) is 4.11. The molecule has 1 aliphatic carbocycles. The van der Waals surface area contributed by atoms with E-state index in [1.165, 1.54) is 57.9 Å². The van der Waals surface area contributed by atoms with Crippen LogP contribution in [0.25, 0.3) is 0 Å². The summed E-state index contributed by atoms with van der Waals surface area (Å²) in [5, 5.41) is 3.72. The zero-order valence-electron chi connectivity index (χ0n) is 12.1. The van der Waals surface area contributed by atoms with Gasteiger partial charge in [-0.25, -0.2) is 0 Å². The Bertz CT molecular complexity index is 189. The number of methoxy groups -OCH3 is 1. The fourth-order valence-corrected chi connectivity index (χ4v) is 2.38. The fourth-order valence-electron chi connectivity index (χ4n) is 2.38. The van der Waals surface area contributed by atoms with Crippen molar-refractivity contribution in [2.45, 2.75) is 71.3 Å². The minimum atomic E-state index is 0.591. The maximum Gasteiger partial charge on any atom is 0.0468 e. The van der Waals surface area contributed by atoms with Gasteiger partial charge < -0.3 is 10.1 Å². The van der Waals surface area contributed by atoms with Crippen molar-refractivity contribution in [2.75, 3.05) is 20.3 Å². The van der Waals surface area contributed by atoms with Crippen LogP contribution in [0.15, 0.2) is 0 Å². The molecule has 0 saturated heterocycles. The molecule has 1 atom stereocenters. The van der Waals surface area contributed by atoms with E-state index in [1.54, 1.807) is 7.11 Å². The largest absolute Gasteiger partial charge is 0.385 e. The average Bonchev–Trinajstić information content (AvgIpc) is 3.10. The first-order valence-corrected chi connectivity index (χ1v) is 7.45. The van der Waals surface area contributed by atoms with Gasteiger partial charge in [0.1, 0.15) is 0 Å². The first kappa shape index (κ1) is 15.0. The summed E-state index contributed by atoms with van der Waals surface area (Å²) in [6.45, 7) is 6.73. The summed E-state index contributed by atoms with van der Waals surface area (Å²) in [6, 6.07) is 0.687. The van der Waals surface area contributed by atoms with Crippen LogP contribution in [0.2, 0.25) is 0 Å². The highest BCUT2D eigenvalue weighted by atomic mass is 16.5. The third-order valence-corrected chi connectivity index (χ3v) is 4.11. The number of rotatable bonds is 11. The Kier molecular flexibility index (Phi) is 7.14. The Morgan fingerprint density at radius 2 is 2.00 bits per heavy atom. The summed E-state index contributed by atoms with van der Waals surface area (Å²) in [7, 11) is 1.81. The molecular weight excluding hydrogens is 210 g/mol. The summed E-state index contributed by atoms with van der Waals surface area (Å²) >= 11 is 0. The van der Waals surface area contributed by atoms with E-state index in [2.05, 4.69) is 19.2 Å². The molecule has 0 spiro atoms. The molecule has 1 fully saturated rings. The van der Waals surface area contributed by atoms with E-state index in [-0.39, 0.29) is 0 Å². The third kappa shape index (κ3) is 6.42. The zero-order chi connectivity index (χ0) is 12.6. The zero-order valence-corrected chi connectivity index (χ0v) is 12.1. The number of hydrogen-bond acceptors (Lipinski definition) is 2. The summed E-state index contributed by atoms with van der Waals surface area (Å²) in [5.41, 5.74) is 0.591. The van der Waals surface area contributed by atoms with E-state index < -0.39 is 0 Å². The monoisotopic (exact) mass is 241 g/mol. The number of hydrogen-bond donors (Lipinski definition) is 1. The highest BCUT2D eigenvalue weighted by Crippen LogP contribution is 2.48. The lowest BCUT2D eigenvalue weighted by Crippen LogP contribution is -2.32. The standard InChI is InChI=1S/C15H31NO/c1-4-5-6-7-8-14(2)16-13-15(9-10-15)11-12-17-3/h14,16H,4-13H2,1-3H3. The van der Waals surface area contributed by atoms with E-state index in [0.29, 0.717) is 11.5 Å². The summed E-state index contributed by atoms with van der Waals surface area (Å²) in [5.74, 6) is 0. The van der Waals surface area contributed by atoms with Gasteiger partial charge in [-0.15, -0.1) is 0 Å². The lowest BCUT2D eigenvalue weighted by molar-refractivity contribution is 0.170. The van der Waals surface area contributed by atoms with Crippen molar-refractivity contribution < 1.29 is 4.74 Å². The van der Waals surface area contributed by atoms with Gasteiger partial charge in [0.2, 0.25) is 0 Å². The Balaban J connectivity index is 2.01. The van der Waals surface area contributed by atoms with Gasteiger partial charge in [0.15, 0.2) is 0 Å². The van der Waals surface area contributed by atoms with Crippen LogP contribution < -0.4 is 5.32 Å². The quantitative estimate of drug-likeness (QED) is 0.556. The predicted octanol–water partition coefficient (Wildman–Crippen LogP) is 3.75. The van der Waals surface area contributed by atoms with Gasteiger partial charge in [0.05, 0.1) is 0 Å². The van der Waals surface area contributed by atoms with Gasteiger partial charge in [-0.1, -0.05) is 32.6 Å². The SMILES string of the molecule is CCCCCCC(C)NCC1(CCOC)CC1. The molecule has 0 radical (unpaired) electrons. The molecule has 0 heterocycles. The van der Waals surface area contributed by atoms with Gasteiger partial charge in [-0.3, -0.25) is 0 Å². The number of ether oxygens (including phenoxy) is 1.